The number of nitrogens with one attached hydrogen (secondary N) is 4. The third kappa shape index (κ3) is 9.28. The molecule has 7 N–H and O–H groups in total. The Balaban J connectivity index is 2.53. The Labute approximate surface area is 178 Å². The molecule has 30 heavy (non-hydrogen) atoms. The van der Waals surface area contributed by atoms with Crippen LogP contribution in [0.3, 0.4) is 0 Å². The first-order valence-corrected chi connectivity index (χ1v) is 9.54. The Kier molecular flexibility index (Phi) is 10.2. The summed E-state index contributed by atoms with van der Waals surface area (Å²) in [4.78, 5) is 58.3. The molecule has 12 heteroatoms. The molecule has 0 spiro atoms. The number of carbonyl (C=O) groups excluding carboxylic acids is 5. The van der Waals surface area contributed by atoms with Gasteiger partial charge in [-0.2, -0.15) is 12.6 Å². The Morgan fingerprint density at radius 3 is 2.00 bits per heavy atom. The lowest BCUT2D eigenvalue weighted by molar-refractivity contribution is -0.131. The fourth-order valence-electron chi connectivity index (χ4n) is 2.27. The maximum atomic E-state index is 12.1. The van der Waals surface area contributed by atoms with Gasteiger partial charge in [0.2, 0.25) is 29.5 Å². The minimum atomic E-state index is -1.02. The summed E-state index contributed by atoms with van der Waals surface area (Å²) < 4.78 is 0. The number of hydrogen-bond acceptors (Lipinski definition) is 7. The lowest BCUT2D eigenvalue weighted by atomic mass is 10.1. The van der Waals surface area contributed by atoms with Crippen molar-refractivity contribution in [3.8, 4) is 5.75 Å². The number of phenolic OH excluding ortho intramolecular Hbond substituents is 1. The lowest BCUT2D eigenvalue weighted by Gasteiger charge is -2.18. The molecule has 0 bridgehead atoms. The van der Waals surface area contributed by atoms with E-state index in [0.717, 1.165) is 0 Å². The van der Waals surface area contributed by atoms with E-state index in [-0.39, 0.29) is 24.5 Å². The van der Waals surface area contributed by atoms with Crippen molar-refractivity contribution in [3.05, 3.63) is 29.8 Å². The fraction of sp³-hybridized carbons (Fsp3) is 0.389. The standard InChI is InChI=1S/C18H25N5O6S/c1-10(24)20-7-15(26)23-14(9-30)18(29)21-8-16(27)22-13(17(19)28)6-11-2-4-12(25)5-3-11/h2-5,13-14,25,30H,6-9H2,1H3,(H2,19,28)(H,20,24)(H,21,29)(H,22,27)(H,23,26)/t13-,14-/m0/s1. The molecule has 0 aliphatic rings. The van der Waals surface area contributed by atoms with Gasteiger partial charge in [-0.15, -0.1) is 0 Å². The summed E-state index contributed by atoms with van der Waals surface area (Å²) in [5.74, 6) is -3.05. The van der Waals surface area contributed by atoms with Crippen LogP contribution in [0.25, 0.3) is 0 Å². The van der Waals surface area contributed by atoms with Gasteiger partial charge >= 0.3 is 0 Å². The lowest BCUT2D eigenvalue weighted by Crippen LogP contribution is -2.53. The topological polar surface area (TPSA) is 180 Å². The van der Waals surface area contributed by atoms with Crippen LogP contribution in [0.2, 0.25) is 0 Å². The highest BCUT2D eigenvalue weighted by atomic mass is 32.1. The van der Waals surface area contributed by atoms with Crippen molar-refractivity contribution in [3.63, 3.8) is 0 Å². The maximum absolute atomic E-state index is 12.1. The molecule has 2 atom stereocenters. The predicted octanol–water partition coefficient (Wildman–Crippen LogP) is -2.43. The molecule has 164 valence electrons. The first-order chi connectivity index (χ1) is 14.1. The number of aromatic hydroxyl groups is 1. The predicted molar refractivity (Wildman–Crippen MR) is 110 cm³/mol. The minimum Gasteiger partial charge on any atom is -0.508 e. The molecule has 0 aliphatic carbocycles. The van der Waals surface area contributed by atoms with Gasteiger partial charge in [0, 0.05) is 19.1 Å². The van der Waals surface area contributed by atoms with Crippen molar-refractivity contribution < 1.29 is 29.1 Å². The van der Waals surface area contributed by atoms with E-state index in [2.05, 4.69) is 33.9 Å². The van der Waals surface area contributed by atoms with Crippen LogP contribution in [0.15, 0.2) is 24.3 Å². The number of primary amides is 1. The zero-order valence-electron chi connectivity index (χ0n) is 16.3. The van der Waals surface area contributed by atoms with Crippen molar-refractivity contribution in [2.75, 3.05) is 18.8 Å². The summed E-state index contributed by atoms with van der Waals surface area (Å²) in [7, 11) is 0. The molecule has 0 radical (unpaired) electrons. The van der Waals surface area contributed by atoms with Crippen LogP contribution in [0.5, 0.6) is 5.75 Å². The average Bonchev–Trinajstić information content (AvgIpc) is 2.69. The van der Waals surface area contributed by atoms with E-state index in [0.29, 0.717) is 5.56 Å². The van der Waals surface area contributed by atoms with Gasteiger partial charge in [-0.1, -0.05) is 12.1 Å². The quantitative estimate of drug-likeness (QED) is 0.188. The van der Waals surface area contributed by atoms with Crippen molar-refractivity contribution in [2.45, 2.75) is 25.4 Å². The molecule has 0 aromatic heterocycles. The van der Waals surface area contributed by atoms with Gasteiger partial charge in [-0.3, -0.25) is 24.0 Å². The molecule has 0 saturated heterocycles. The molecular weight excluding hydrogens is 414 g/mol. The number of thiol groups is 1. The molecule has 5 amide bonds. The Hall–Kier alpha value is -3.28. The van der Waals surface area contributed by atoms with E-state index in [1.807, 2.05) is 0 Å². The Morgan fingerprint density at radius 1 is 0.967 bits per heavy atom. The average molecular weight is 439 g/mol. The first-order valence-electron chi connectivity index (χ1n) is 8.91. The number of phenols is 1. The second-order valence-electron chi connectivity index (χ2n) is 6.32. The van der Waals surface area contributed by atoms with Gasteiger partial charge in [0.25, 0.3) is 0 Å². The molecule has 1 aromatic rings. The summed E-state index contributed by atoms with van der Waals surface area (Å²) in [5.41, 5.74) is 5.98. The van der Waals surface area contributed by atoms with Crippen LogP contribution in [0, 0.1) is 0 Å². The highest BCUT2D eigenvalue weighted by Crippen LogP contribution is 2.11. The van der Waals surface area contributed by atoms with Gasteiger partial charge in [0.1, 0.15) is 17.8 Å². The van der Waals surface area contributed by atoms with E-state index < -0.39 is 48.2 Å². The fourth-order valence-corrected chi connectivity index (χ4v) is 2.53. The van der Waals surface area contributed by atoms with Crippen LogP contribution in [0.4, 0.5) is 0 Å². The molecular formula is C18H25N5O6S. The van der Waals surface area contributed by atoms with Crippen molar-refractivity contribution in [2.24, 2.45) is 5.73 Å². The maximum Gasteiger partial charge on any atom is 0.243 e. The van der Waals surface area contributed by atoms with Gasteiger partial charge in [0.15, 0.2) is 0 Å². The van der Waals surface area contributed by atoms with Crippen LogP contribution < -0.4 is 27.0 Å². The van der Waals surface area contributed by atoms with E-state index in [4.69, 9.17) is 5.73 Å². The number of amides is 5. The molecule has 11 nitrogen and oxygen atoms in total. The molecule has 0 fully saturated rings. The SMILES string of the molecule is CC(=O)NCC(=O)N[C@@H](CS)C(=O)NCC(=O)N[C@@H](Cc1ccc(O)cc1)C(N)=O. The van der Waals surface area contributed by atoms with E-state index in [1.54, 1.807) is 12.1 Å². The largest absolute Gasteiger partial charge is 0.508 e. The van der Waals surface area contributed by atoms with Gasteiger partial charge in [-0.05, 0) is 17.7 Å². The van der Waals surface area contributed by atoms with Gasteiger partial charge in [0.05, 0.1) is 13.1 Å². The van der Waals surface area contributed by atoms with Crippen molar-refractivity contribution >= 4 is 42.2 Å². The van der Waals surface area contributed by atoms with E-state index >= 15 is 0 Å². The molecule has 0 saturated carbocycles. The first kappa shape index (κ1) is 24.8. The highest BCUT2D eigenvalue weighted by molar-refractivity contribution is 7.80. The Bertz CT molecular complexity index is 786. The summed E-state index contributed by atoms with van der Waals surface area (Å²) in [5, 5.41) is 18.7. The number of benzene rings is 1. The summed E-state index contributed by atoms with van der Waals surface area (Å²) in [6.45, 7) is 0.491. The molecule has 0 heterocycles. The van der Waals surface area contributed by atoms with E-state index in [1.165, 1.54) is 19.1 Å². The third-order valence-electron chi connectivity index (χ3n) is 3.81. The molecule has 1 rings (SSSR count). The second-order valence-corrected chi connectivity index (χ2v) is 6.69. The van der Waals surface area contributed by atoms with Crippen molar-refractivity contribution in [1.82, 2.24) is 21.3 Å². The molecule has 0 unspecified atom stereocenters. The number of hydrogen-bond donors (Lipinski definition) is 7. The smallest absolute Gasteiger partial charge is 0.243 e. The summed E-state index contributed by atoms with van der Waals surface area (Å²) in [6.07, 6.45) is 0.105. The monoisotopic (exact) mass is 439 g/mol. The number of nitrogens with two attached hydrogens (primary N) is 1. The van der Waals surface area contributed by atoms with Crippen LogP contribution in [-0.4, -0.2) is 65.6 Å². The zero-order chi connectivity index (χ0) is 22.7. The van der Waals surface area contributed by atoms with E-state index in [9.17, 15) is 29.1 Å². The third-order valence-corrected chi connectivity index (χ3v) is 4.18. The number of rotatable bonds is 11. The highest BCUT2D eigenvalue weighted by Gasteiger charge is 2.22. The van der Waals surface area contributed by atoms with Gasteiger partial charge < -0.3 is 32.1 Å². The van der Waals surface area contributed by atoms with Crippen LogP contribution in [0.1, 0.15) is 12.5 Å². The van der Waals surface area contributed by atoms with Gasteiger partial charge in [-0.25, -0.2) is 0 Å². The Morgan fingerprint density at radius 2 is 1.50 bits per heavy atom. The normalized spacial score (nSPS) is 12.2. The summed E-state index contributed by atoms with van der Waals surface area (Å²) >= 11 is 3.99. The summed E-state index contributed by atoms with van der Waals surface area (Å²) in [6, 6.07) is 4.00. The number of carbonyl (C=O) groups is 5. The second kappa shape index (κ2) is 12.3. The van der Waals surface area contributed by atoms with Crippen molar-refractivity contribution in [1.29, 1.82) is 0 Å². The molecule has 1 aromatic carbocycles. The van der Waals surface area contributed by atoms with Crippen LogP contribution in [-0.2, 0) is 30.4 Å². The minimum absolute atomic E-state index is 0.0377. The molecule has 0 aliphatic heterocycles. The zero-order valence-corrected chi connectivity index (χ0v) is 17.2. The van der Waals surface area contributed by atoms with Crippen LogP contribution >= 0.6 is 12.6 Å².